The number of hydrogen-bond donors (Lipinski definition) is 0. The fraction of sp³-hybridized carbons (Fsp3) is 0.381. The van der Waals surface area contributed by atoms with Crippen LogP contribution in [0.2, 0.25) is 5.02 Å². The minimum absolute atomic E-state index is 0.139. The summed E-state index contributed by atoms with van der Waals surface area (Å²) in [6, 6.07) is 6.51. The standard InChI is InChI=1S/C21H22ClN3O3S/c1-12-18(13(2)26)19(24-14(3)23-12)29-17-6-4-5-11-25(21(17)28)20(27)15-7-9-16(22)10-8-15/h7-10,17H,4-6,11H2,1-3H3/t17-/m0/s1. The van der Waals surface area contributed by atoms with Crippen molar-refractivity contribution in [2.75, 3.05) is 6.54 Å². The fourth-order valence-corrected chi connectivity index (χ4v) is 4.88. The molecule has 0 radical (unpaired) electrons. The first-order valence-electron chi connectivity index (χ1n) is 9.42. The van der Waals surface area contributed by atoms with Crippen LogP contribution >= 0.6 is 23.4 Å². The number of carbonyl (C=O) groups is 3. The van der Waals surface area contributed by atoms with Crippen molar-refractivity contribution in [2.24, 2.45) is 0 Å². The van der Waals surface area contributed by atoms with Crippen molar-refractivity contribution >= 4 is 41.0 Å². The molecule has 0 saturated carbocycles. The van der Waals surface area contributed by atoms with Gasteiger partial charge in [-0.2, -0.15) is 0 Å². The highest BCUT2D eigenvalue weighted by molar-refractivity contribution is 8.00. The van der Waals surface area contributed by atoms with Gasteiger partial charge in [-0.05, 0) is 57.9 Å². The highest BCUT2D eigenvalue weighted by atomic mass is 35.5. The summed E-state index contributed by atoms with van der Waals surface area (Å²) < 4.78 is 0. The van der Waals surface area contributed by atoms with Crippen LogP contribution in [0.25, 0.3) is 0 Å². The third-order valence-corrected chi connectivity index (χ3v) is 6.24. The number of aryl methyl sites for hydroxylation is 2. The van der Waals surface area contributed by atoms with Gasteiger partial charge in [0.15, 0.2) is 5.78 Å². The summed E-state index contributed by atoms with van der Waals surface area (Å²) >= 11 is 7.15. The van der Waals surface area contributed by atoms with E-state index < -0.39 is 5.25 Å². The lowest BCUT2D eigenvalue weighted by Gasteiger charge is -2.23. The van der Waals surface area contributed by atoms with Gasteiger partial charge in [0, 0.05) is 17.1 Å². The van der Waals surface area contributed by atoms with E-state index in [0.29, 0.717) is 45.7 Å². The summed E-state index contributed by atoms with van der Waals surface area (Å²) in [6.45, 7) is 5.36. The van der Waals surface area contributed by atoms with Crippen LogP contribution in [0.4, 0.5) is 0 Å². The minimum atomic E-state index is -0.486. The lowest BCUT2D eigenvalue weighted by molar-refractivity contribution is -0.127. The molecule has 0 unspecified atom stereocenters. The molecule has 0 spiro atoms. The predicted molar refractivity (Wildman–Crippen MR) is 113 cm³/mol. The van der Waals surface area contributed by atoms with Crippen molar-refractivity contribution in [3.05, 3.63) is 51.9 Å². The topological polar surface area (TPSA) is 80.2 Å². The largest absolute Gasteiger partial charge is 0.294 e. The summed E-state index contributed by atoms with van der Waals surface area (Å²) in [4.78, 5) is 48.3. The monoisotopic (exact) mass is 431 g/mol. The normalized spacial score (nSPS) is 17.2. The highest BCUT2D eigenvalue weighted by Crippen LogP contribution is 2.32. The predicted octanol–water partition coefficient (Wildman–Crippen LogP) is 4.26. The van der Waals surface area contributed by atoms with Gasteiger partial charge in [-0.3, -0.25) is 19.3 Å². The number of ketones is 1. The van der Waals surface area contributed by atoms with Gasteiger partial charge in [-0.25, -0.2) is 9.97 Å². The molecule has 8 heteroatoms. The van der Waals surface area contributed by atoms with Crippen LogP contribution in [0.15, 0.2) is 29.3 Å². The Morgan fingerprint density at radius 2 is 1.83 bits per heavy atom. The number of rotatable bonds is 4. The first-order valence-corrected chi connectivity index (χ1v) is 10.7. The van der Waals surface area contributed by atoms with E-state index in [1.165, 1.54) is 23.6 Å². The molecule has 1 aliphatic heterocycles. The third-order valence-electron chi connectivity index (χ3n) is 4.75. The van der Waals surface area contributed by atoms with Crippen molar-refractivity contribution < 1.29 is 14.4 Å². The maximum atomic E-state index is 13.2. The number of carbonyl (C=O) groups excluding carboxylic acids is 3. The molecule has 0 N–H and O–H groups in total. The quantitative estimate of drug-likeness (QED) is 0.408. The molecule has 1 saturated heterocycles. The zero-order chi connectivity index (χ0) is 21.1. The van der Waals surface area contributed by atoms with Crippen LogP contribution in [-0.2, 0) is 4.79 Å². The average Bonchev–Trinajstić information content (AvgIpc) is 2.83. The molecule has 1 atom stereocenters. The maximum Gasteiger partial charge on any atom is 0.260 e. The molecule has 2 aromatic rings. The molecule has 29 heavy (non-hydrogen) atoms. The van der Waals surface area contributed by atoms with Crippen LogP contribution in [-0.4, -0.2) is 44.3 Å². The molecule has 152 valence electrons. The number of nitrogens with zero attached hydrogens (tertiary/aromatic N) is 3. The molecule has 1 aliphatic rings. The Kier molecular flexibility index (Phi) is 6.70. The second-order valence-electron chi connectivity index (χ2n) is 7.00. The number of thioether (sulfide) groups is 1. The van der Waals surface area contributed by atoms with E-state index >= 15 is 0 Å². The van der Waals surface area contributed by atoms with Crippen LogP contribution in [0, 0.1) is 13.8 Å². The van der Waals surface area contributed by atoms with Crippen molar-refractivity contribution in [2.45, 2.75) is 50.3 Å². The second-order valence-corrected chi connectivity index (χ2v) is 8.62. The zero-order valence-electron chi connectivity index (χ0n) is 16.6. The minimum Gasteiger partial charge on any atom is -0.294 e. The maximum absolute atomic E-state index is 13.2. The number of imide groups is 1. The molecule has 0 aliphatic carbocycles. The van der Waals surface area contributed by atoms with Crippen LogP contribution < -0.4 is 0 Å². The Morgan fingerprint density at radius 1 is 1.14 bits per heavy atom. The van der Waals surface area contributed by atoms with Gasteiger partial charge < -0.3 is 0 Å². The first kappa shape index (κ1) is 21.5. The van der Waals surface area contributed by atoms with E-state index in [2.05, 4.69) is 9.97 Å². The molecule has 6 nitrogen and oxygen atoms in total. The van der Waals surface area contributed by atoms with Gasteiger partial charge >= 0.3 is 0 Å². The lowest BCUT2D eigenvalue weighted by Crippen LogP contribution is -2.41. The van der Waals surface area contributed by atoms with Gasteiger partial charge in [0.25, 0.3) is 5.91 Å². The molecule has 2 amide bonds. The molecule has 1 aromatic carbocycles. The fourth-order valence-electron chi connectivity index (χ4n) is 3.37. The van der Waals surface area contributed by atoms with E-state index in [1.54, 1.807) is 38.1 Å². The molecule has 0 bridgehead atoms. The first-order chi connectivity index (χ1) is 13.8. The number of hydrogen-bond acceptors (Lipinski definition) is 6. The number of amides is 2. The van der Waals surface area contributed by atoms with Crippen LogP contribution in [0.5, 0.6) is 0 Å². The molecule has 1 aromatic heterocycles. The van der Waals surface area contributed by atoms with E-state index in [-0.39, 0.29) is 17.6 Å². The van der Waals surface area contributed by atoms with E-state index in [1.807, 2.05) is 0 Å². The van der Waals surface area contributed by atoms with E-state index in [0.717, 1.165) is 12.8 Å². The Morgan fingerprint density at radius 3 is 2.48 bits per heavy atom. The lowest BCUT2D eigenvalue weighted by atomic mass is 10.2. The number of halogens is 1. The number of Topliss-reactive ketones (excluding diaryl/α,β-unsaturated/α-hetero) is 1. The molecular weight excluding hydrogens is 410 g/mol. The SMILES string of the molecule is CC(=O)c1c(C)nc(C)nc1S[C@H]1CCCCN(C(=O)c2ccc(Cl)cc2)C1=O. The molecule has 1 fully saturated rings. The van der Waals surface area contributed by atoms with E-state index in [9.17, 15) is 14.4 Å². The highest BCUT2D eigenvalue weighted by Gasteiger charge is 2.33. The Bertz CT molecular complexity index is 962. The zero-order valence-corrected chi connectivity index (χ0v) is 18.1. The van der Waals surface area contributed by atoms with Gasteiger partial charge in [0.05, 0.1) is 16.5 Å². The Hall–Kier alpha value is -2.25. The summed E-state index contributed by atoms with van der Waals surface area (Å²) in [5.41, 5.74) is 1.46. The van der Waals surface area contributed by atoms with Crippen LogP contribution in [0.3, 0.4) is 0 Å². The molecule has 2 heterocycles. The second kappa shape index (κ2) is 9.05. The number of benzene rings is 1. The Balaban J connectivity index is 1.89. The third kappa shape index (κ3) is 4.85. The van der Waals surface area contributed by atoms with Gasteiger partial charge in [-0.15, -0.1) is 0 Å². The van der Waals surface area contributed by atoms with Crippen molar-refractivity contribution in [1.82, 2.24) is 14.9 Å². The van der Waals surface area contributed by atoms with Crippen molar-refractivity contribution in [3.63, 3.8) is 0 Å². The summed E-state index contributed by atoms with van der Waals surface area (Å²) in [7, 11) is 0. The number of likely N-dealkylation sites (tertiary alicyclic amines) is 1. The average molecular weight is 432 g/mol. The van der Waals surface area contributed by atoms with Gasteiger partial charge in [-0.1, -0.05) is 29.8 Å². The summed E-state index contributed by atoms with van der Waals surface area (Å²) in [5, 5.41) is 0.547. The van der Waals surface area contributed by atoms with Gasteiger partial charge in [0.1, 0.15) is 10.9 Å². The summed E-state index contributed by atoms with van der Waals surface area (Å²) in [5.74, 6) is -0.179. The number of aromatic nitrogens is 2. The molecule has 3 rings (SSSR count). The van der Waals surface area contributed by atoms with Gasteiger partial charge in [0.2, 0.25) is 5.91 Å². The smallest absolute Gasteiger partial charge is 0.260 e. The van der Waals surface area contributed by atoms with Crippen molar-refractivity contribution in [3.8, 4) is 0 Å². The molecular formula is C21H22ClN3O3S. The van der Waals surface area contributed by atoms with Crippen molar-refractivity contribution in [1.29, 1.82) is 0 Å². The van der Waals surface area contributed by atoms with Crippen LogP contribution in [0.1, 0.15) is 58.4 Å². The van der Waals surface area contributed by atoms with E-state index in [4.69, 9.17) is 11.6 Å². The Labute approximate surface area is 179 Å². The summed E-state index contributed by atoms with van der Waals surface area (Å²) in [6.07, 6.45) is 2.17.